The Bertz CT molecular complexity index is 3540. The van der Waals surface area contributed by atoms with Crippen molar-refractivity contribution in [3.05, 3.63) is 120 Å². The van der Waals surface area contributed by atoms with Crippen LogP contribution in [0.2, 0.25) is 0 Å². The van der Waals surface area contributed by atoms with Gasteiger partial charge in [0.2, 0.25) is 0 Å². The Morgan fingerprint density at radius 3 is 0.548 bits per heavy atom. The molecule has 104 heavy (non-hydrogen) atoms. The minimum absolute atomic E-state index is 0.383. The van der Waals surface area contributed by atoms with E-state index in [-0.39, 0.29) is 0 Å². The molecule has 0 spiro atoms. The summed E-state index contributed by atoms with van der Waals surface area (Å²) < 4.78 is 54.8. The molecule has 2 aliphatic heterocycles. The lowest BCUT2D eigenvalue weighted by atomic mass is 10.0. The van der Waals surface area contributed by atoms with E-state index in [1.165, 1.54) is 0 Å². The fourth-order valence-corrected chi connectivity index (χ4v) is 13.9. The zero-order valence-corrected chi connectivity index (χ0v) is 66.3. The average Bonchev–Trinajstić information content (AvgIpc) is 1.60. The second-order valence-electron chi connectivity index (χ2n) is 29.1. The van der Waals surface area contributed by atoms with E-state index in [1.807, 2.05) is 0 Å². The highest BCUT2D eigenvalue weighted by molar-refractivity contribution is 6.00. The number of rotatable bonds is 44. The molecular formula is C92H126N4O8. The van der Waals surface area contributed by atoms with Crippen molar-refractivity contribution >= 4 is 46.4 Å². The summed E-state index contributed by atoms with van der Waals surface area (Å²) in [6.45, 7) is 40.6. The fraction of sp³-hybridized carbons (Fsp3) is 0.522. The molecule has 3 aromatic heterocycles. The van der Waals surface area contributed by atoms with Crippen LogP contribution in [0.1, 0.15) is 236 Å². The van der Waals surface area contributed by atoms with Gasteiger partial charge in [0.15, 0.2) is 46.0 Å². The number of aromatic amines is 2. The molecule has 9 rings (SSSR count). The van der Waals surface area contributed by atoms with Gasteiger partial charge in [-0.3, -0.25) is 0 Å². The van der Waals surface area contributed by atoms with Crippen molar-refractivity contribution in [3.63, 3.8) is 0 Å². The van der Waals surface area contributed by atoms with E-state index in [4.69, 9.17) is 47.9 Å². The maximum atomic E-state index is 6.95. The van der Waals surface area contributed by atoms with Gasteiger partial charge in [0.05, 0.1) is 75.6 Å². The average molecular weight is 1420 g/mol. The van der Waals surface area contributed by atoms with Gasteiger partial charge in [0, 0.05) is 44.3 Å². The summed E-state index contributed by atoms with van der Waals surface area (Å²) in [7, 11) is 0. The molecule has 2 N–H and O–H groups in total. The number of ether oxygens (including phenoxy) is 8. The number of aromatic nitrogens is 4. The summed E-state index contributed by atoms with van der Waals surface area (Å²) in [4.78, 5) is 19.8. The van der Waals surface area contributed by atoms with Gasteiger partial charge in [0.25, 0.3) is 0 Å². The summed E-state index contributed by atoms with van der Waals surface area (Å²) in [5.74, 6) is 9.01. The number of H-pyrrole nitrogens is 2. The second kappa shape index (κ2) is 40.4. The highest BCUT2D eigenvalue weighted by Gasteiger charge is 2.25. The number of nitrogens with zero attached hydrogens (tertiary/aromatic N) is 2. The topological polar surface area (TPSA) is 131 Å². The first-order valence-corrected chi connectivity index (χ1v) is 40.5. The van der Waals surface area contributed by atoms with Crippen LogP contribution in [-0.4, -0.2) is 72.8 Å². The molecule has 5 heterocycles. The van der Waals surface area contributed by atoms with Crippen molar-refractivity contribution in [1.82, 2.24) is 19.9 Å². The first kappa shape index (κ1) is 80.0. The molecule has 0 amide bonds. The number of hydrogen-bond donors (Lipinski definition) is 2. The Morgan fingerprint density at radius 2 is 0.385 bits per heavy atom. The van der Waals surface area contributed by atoms with E-state index in [1.54, 1.807) is 0 Å². The quantitative estimate of drug-likeness (QED) is 0.0381. The minimum atomic E-state index is 0.383. The highest BCUT2D eigenvalue weighted by atomic mass is 16.5. The Labute approximate surface area is 624 Å². The predicted octanol–water partition coefficient (Wildman–Crippen LogP) is 25.8. The molecule has 0 atom stereocenters. The molecule has 0 unspecified atom stereocenters. The van der Waals surface area contributed by atoms with E-state index >= 15 is 0 Å². The number of hydrogen-bond acceptors (Lipinski definition) is 10. The Hall–Kier alpha value is -8.12. The van der Waals surface area contributed by atoms with Crippen molar-refractivity contribution in [3.8, 4) is 90.5 Å². The lowest BCUT2D eigenvalue weighted by molar-refractivity contribution is 0.205. The van der Waals surface area contributed by atoms with Crippen molar-refractivity contribution < 1.29 is 37.9 Å². The summed E-state index contributed by atoms with van der Waals surface area (Å²) in [5.41, 5.74) is 13.9. The maximum absolute atomic E-state index is 6.95. The van der Waals surface area contributed by atoms with Crippen LogP contribution < -0.4 is 37.9 Å². The fourth-order valence-electron chi connectivity index (χ4n) is 13.9. The van der Waals surface area contributed by atoms with Gasteiger partial charge in [-0.2, -0.15) is 0 Å². The van der Waals surface area contributed by atoms with Gasteiger partial charge in [-0.25, -0.2) is 9.97 Å². The molecule has 0 saturated heterocycles. The molecule has 12 nitrogen and oxygen atoms in total. The second-order valence-corrected chi connectivity index (χ2v) is 29.1. The van der Waals surface area contributed by atoms with Gasteiger partial charge < -0.3 is 47.9 Å². The first-order valence-electron chi connectivity index (χ1n) is 40.5. The van der Waals surface area contributed by atoms with E-state index in [9.17, 15) is 0 Å². The Kier molecular flexibility index (Phi) is 31.1. The van der Waals surface area contributed by atoms with Crippen molar-refractivity contribution in [2.45, 2.75) is 214 Å². The molecule has 2 aliphatic rings. The van der Waals surface area contributed by atoms with Crippen molar-refractivity contribution in [1.29, 1.82) is 0 Å². The maximum Gasteiger partial charge on any atom is 0.161 e. The van der Waals surface area contributed by atoms with Gasteiger partial charge in [-0.1, -0.05) is 238 Å². The molecule has 8 bridgehead atoms. The van der Waals surface area contributed by atoms with E-state index in [0.717, 1.165) is 215 Å². The zero-order valence-electron chi connectivity index (χ0n) is 66.3. The Balaban J connectivity index is 1.42. The summed E-state index contributed by atoms with van der Waals surface area (Å²) in [5, 5.41) is 0. The monoisotopic (exact) mass is 1410 g/mol. The standard InChI is InChI=1S/C92H126N4O8/c1-17-61(18-2)53-97-81-45-33-69(49-85(81)101-57-65(25-9)26-10)89-73-37-39-75(93-73)90(70-34-46-82(98-54-62(19-3)20-4)86(50-70)102-58-66(27-11)28-12)77-41-43-79(95-77)92(72-36-48-84(100-56-64(23-7)24-8)88(52-72)104-60-68(31-15)32-16)80-44-42-78(96-80)91(76-40-38-74(89)94-76)71-35-47-83(99-55-63(21-5)22-6)87(51-71)103-59-67(29-13)30-14/h33-52,61-68,93,96H,17-32,53-60H2,1-16H3. The van der Waals surface area contributed by atoms with Crippen LogP contribution in [0.25, 0.3) is 90.9 Å². The third kappa shape index (κ3) is 20.3. The third-order valence-electron chi connectivity index (χ3n) is 22.7. The summed E-state index contributed by atoms with van der Waals surface area (Å²) in [6, 6.07) is 34.5. The summed E-state index contributed by atoms with van der Waals surface area (Å²) >= 11 is 0. The lowest BCUT2D eigenvalue weighted by Gasteiger charge is -2.20. The Morgan fingerprint density at radius 1 is 0.221 bits per heavy atom. The molecule has 4 aromatic carbocycles. The molecular weight excluding hydrogens is 1290 g/mol. The summed E-state index contributed by atoms with van der Waals surface area (Å²) in [6.07, 6.45) is 25.0. The van der Waals surface area contributed by atoms with Crippen LogP contribution in [-0.2, 0) is 0 Å². The number of nitrogens with one attached hydrogen (secondary N) is 2. The number of benzene rings is 4. The van der Waals surface area contributed by atoms with E-state index in [0.29, 0.717) is 123 Å². The molecule has 562 valence electrons. The van der Waals surface area contributed by atoms with Gasteiger partial charge in [-0.05, 0) is 167 Å². The molecule has 7 aromatic rings. The molecule has 12 heteroatoms. The number of fused-ring (bicyclic) bond motifs is 8. The van der Waals surface area contributed by atoms with Crippen LogP contribution in [0.5, 0.6) is 46.0 Å². The van der Waals surface area contributed by atoms with Crippen LogP contribution in [0, 0.1) is 47.3 Å². The SMILES string of the molecule is CCC(CC)COc1ccc(-c2c3nc(c(-c4ccc(OCC(CC)CC)c(OCC(CC)CC)c4)c4ccc([nH]4)c(-c4ccc(OCC(CC)CC)c(OCC(CC)CC)c4)c4nc(c(-c5ccc(OCC(CC)CC)c(OCC(CC)CC)c5)c5ccc2[nH]5)C=C4)C=C3)cc1OCC(CC)CC. The van der Waals surface area contributed by atoms with E-state index < -0.39 is 0 Å². The van der Waals surface area contributed by atoms with Crippen molar-refractivity contribution in [2.75, 3.05) is 52.9 Å². The van der Waals surface area contributed by atoms with Crippen LogP contribution in [0.3, 0.4) is 0 Å². The third-order valence-corrected chi connectivity index (χ3v) is 22.7. The largest absolute Gasteiger partial charge is 0.489 e. The minimum Gasteiger partial charge on any atom is -0.489 e. The molecule has 0 saturated carbocycles. The van der Waals surface area contributed by atoms with Crippen LogP contribution in [0.15, 0.2) is 97.1 Å². The lowest BCUT2D eigenvalue weighted by Crippen LogP contribution is -2.13. The molecule has 0 radical (unpaired) electrons. The van der Waals surface area contributed by atoms with Crippen LogP contribution >= 0.6 is 0 Å². The first-order chi connectivity index (χ1) is 50.8. The van der Waals surface area contributed by atoms with Gasteiger partial charge in [0.1, 0.15) is 0 Å². The van der Waals surface area contributed by atoms with Gasteiger partial charge >= 0.3 is 0 Å². The van der Waals surface area contributed by atoms with Crippen LogP contribution in [0.4, 0.5) is 0 Å². The highest BCUT2D eigenvalue weighted by Crippen LogP contribution is 2.45. The molecule has 0 aliphatic carbocycles. The van der Waals surface area contributed by atoms with Crippen molar-refractivity contribution in [2.24, 2.45) is 47.3 Å². The smallest absolute Gasteiger partial charge is 0.161 e. The normalized spacial score (nSPS) is 12.2. The zero-order chi connectivity index (χ0) is 74.1. The molecule has 0 fully saturated rings. The van der Waals surface area contributed by atoms with Gasteiger partial charge in [-0.15, -0.1) is 0 Å². The van der Waals surface area contributed by atoms with E-state index in [2.05, 4.69) is 242 Å². The predicted molar refractivity (Wildman–Crippen MR) is 437 cm³/mol.